The van der Waals surface area contributed by atoms with Crippen LogP contribution in [-0.4, -0.2) is 24.9 Å². The Morgan fingerprint density at radius 1 is 1.33 bits per heavy atom. The van der Waals surface area contributed by atoms with Gasteiger partial charge < -0.3 is 10.5 Å². The van der Waals surface area contributed by atoms with Gasteiger partial charge in [0.15, 0.2) is 5.78 Å². The van der Waals surface area contributed by atoms with Gasteiger partial charge in [-0.2, -0.15) is 0 Å². The number of hydrogen-bond donors (Lipinski definition) is 1. The van der Waals surface area contributed by atoms with Crippen LogP contribution in [0.25, 0.3) is 0 Å². The van der Waals surface area contributed by atoms with Crippen LogP contribution in [0.5, 0.6) is 0 Å². The van der Waals surface area contributed by atoms with Crippen molar-refractivity contribution in [2.24, 2.45) is 5.73 Å². The molecule has 0 aliphatic heterocycles. The summed E-state index contributed by atoms with van der Waals surface area (Å²) in [5.41, 5.74) is 6.08. The van der Waals surface area contributed by atoms with Crippen LogP contribution in [0, 0.1) is 0 Å². The molecule has 0 aliphatic rings. The van der Waals surface area contributed by atoms with Crippen molar-refractivity contribution in [1.82, 2.24) is 0 Å². The molecule has 0 saturated heterocycles. The maximum atomic E-state index is 11.7. The highest BCUT2D eigenvalue weighted by Crippen LogP contribution is 2.04. The van der Waals surface area contributed by atoms with Gasteiger partial charge >= 0.3 is 5.97 Å². The van der Waals surface area contributed by atoms with Crippen molar-refractivity contribution in [2.75, 3.05) is 7.11 Å². The number of carbonyl (C=O) groups is 2. The molecule has 1 aromatic carbocycles. The van der Waals surface area contributed by atoms with Crippen molar-refractivity contribution in [1.29, 1.82) is 0 Å². The number of rotatable bonds is 4. The molecule has 1 atom stereocenters. The van der Waals surface area contributed by atoms with Crippen LogP contribution in [0.3, 0.4) is 0 Å². The van der Waals surface area contributed by atoms with Crippen LogP contribution >= 0.6 is 0 Å². The molecule has 80 valence electrons. The Hall–Kier alpha value is -1.68. The van der Waals surface area contributed by atoms with E-state index >= 15 is 0 Å². The third-order valence-corrected chi connectivity index (χ3v) is 2.01. The largest absolute Gasteiger partial charge is 0.469 e. The zero-order chi connectivity index (χ0) is 11.3. The summed E-state index contributed by atoms with van der Waals surface area (Å²) in [6.07, 6.45) is -0.0930. The van der Waals surface area contributed by atoms with Gasteiger partial charge in [-0.1, -0.05) is 30.3 Å². The van der Waals surface area contributed by atoms with Crippen LogP contribution in [0.4, 0.5) is 0 Å². The van der Waals surface area contributed by atoms with E-state index in [-0.39, 0.29) is 12.2 Å². The molecule has 0 radical (unpaired) electrons. The Kier molecular flexibility index (Phi) is 4.00. The smallest absolute Gasteiger partial charge is 0.307 e. The molecular weight excluding hydrogens is 194 g/mol. The van der Waals surface area contributed by atoms with Crippen LogP contribution in [0.1, 0.15) is 16.8 Å². The molecule has 15 heavy (non-hydrogen) atoms. The predicted molar refractivity (Wildman–Crippen MR) is 55.4 cm³/mol. The summed E-state index contributed by atoms with van der Waals surface area (Å²) in [4.78, 5) is 22.6. The first kappa shape index (κ1) is 11.4. The molecule has 0 bridgehead atoms. The van der Waals surface area contributed by atoms with E-state index in [4.69, 9.17) is 5.73 Å². The SMILES string of the molecule is COC(=O)CC(N)C(=O)c1ccccc1. The second-order valence-corrected chi connectivity index (χ2v) is 3.12. The quantitative estimate of drug-likeness (QED) is 0.584. The highest BCUT2D eigenvalue weighted by molar-refractivity contribution is 6.01. The maximum absolute atomic E-state index is 11.7. The van der Waals surface area contributed by atoms with Crippen molar-refractivity contribution >= 4 is 11.8 Å². The summed E-state index contributed by atoms with van der Waals surface area (Å²) in [5.74, 6) is -0.729. The Bertz CT molecular complexity index is 348. The van der Waals surface area contributed by atoms with E-state index in [1.165, 1.54) is 7.11 Å². The van der Waals surface area contributed by atoms with E-state index in [2.05, 4.69) is 4.74 Å². The monoisotopic (exact) mass is 207 g/mol. The Labute approximate surface area is 88.0 Å². The van der Waals surface area contributed by atoms with Gasteiger partial charge in [-0.3, -0.25) is 9.59 Å². The number of ketones is 1. The number of esters is 1. The van der Waals surface area contributed by atoms with E-state index in [1.807, 2.05) is 6.07 Å². The Balaban J connectivity index is 2.65. The molecule has 0 fully saturated rings. The summed E-state index contributed by atoms with van der Waals surface area (Å²) >= 11 is 0. The number of Topliss-reactive ketones (excluding diaryl/α,β-unsaturated/α-hetero) is 1. The molecule has 0 aromatic heterocycles. The number of hydrogen-bond acceptors (Lipinski definition) is 4. The molecule has 0 amide bonds. The highest BCUT2D eigenvalue weighted by atomic mass is 16.5. The molecule has 2 N–H and O–H groups in total. The van der Waals surface area contributed by atoms with Crippen molar-refractivity contribution in [3.8, 4) is 0 Å². The summed E-state index contributed by atoms with van der Waals surface area (Å²) < 4.78 is 4.44. The molecule has 0 heterocycles. The molecule has 4 nitrogen and oxygen atoms in total. The number of methoxy groups -OCH3 is 1. The summed E-state index contributed by atoms with van der Waals surface area (Å²) in [6.45, 7) is 0. The molecule has 1 aromatic rings. The first-order chi connectivity index (χ1) is 7.15. The van der Waals surface area contributed by atoms with E-state index in [0.717, 1.165) is 0 Å². The molecular formula is C11H13NO3. The molecule has 0 spiro atoms. The second-order valence-electron chi connectivity index (χ2n) is 3.12. The van der Waals surface area contributed by atoms with E-state index in [0.29, 0.717) is 5.56 Å². The summed E-state index contributed by atoms with van der Waals surface area (Å²) in [6, 6.07) is 7.80. The summed E-state index contributed by atoms with van der Waals surface area (Å²) in [7, 11) is 1.27. The molecule has 0 aliphatic carbocycles. The highest BCUT2D eigenvalue weighted by Gasteiger charge is 2.18. The molecule has 1 unspecified atom stereocenters. The number of ether oxygens (including phenoxy) is 1. The predicted octanol–water partition coefficient (Wildman–Crippen LogP) is 0.760. The van der Waals surface area contributed by atoms with Gasteiger partial charge in [-0.05, 0) is 0 Å². The van der Waals surface area contributed by atoms with Crippen LogP contribution in [-0.2, 0) is 9.53 Å². The van der Waals surface area contributed by atoms with Gasteiger partial charge in [0.2, 0.25) is 0 Å². The zero-order valence-electron chi connectivity index (χ0n) is 8.47. The second kappa shape index (κ2) is 5.26. The van der Waals surface area contributed by atoms with E-state index < -0.39 is 12.0 Å². The minimum absolute atomic E-state index is 0.0930. The minimum Gasteiger partial charge on any atom is -0.469 e. The maximum Gasteiger partial charge on any atom is 0.307 e. The van der Waals surface area contributed by atoms with Crippen molar-refractivity contribution < 1.29 is 14.3 Å². The lowest BCUT2D eigenvalue weighted by Crippen LogP contribution is -2.33. The minimum atomic E-state index is -0.833. The van der Waals surface area contributed by atoms with E-state index in [1.54, 1.807) is 24.3 Å². The standard InChI is InChI=1S/C11H13NO3/c1-15-10(13)7-9(12)11(14)8-5-3-2-4-6-8/h2-6,9H,7,12H2,1H3. The first-order valence-electron chi connectivity index (χ1n) is 4.57. The third kappa shape index (κ3) is 3.18. The molecule has 0 saturated carbocycles. The zero-order valence-corrected chi connectivity index (χ0v) is 8.47. The fraction of sp³-hybridized carbons (Fsp3) is 0.273. The number of benzene rings is 1. The topological polar surface area (TPSA) is 69.4 Å². The van der Waals surface area contributed by atoms with E-state index in [9.17, 15) is 9.59 Å². The van der Waals surface area contributed by atoms with Gasteiger partial charge in [-0.25, -0.2) is 0 Å². The third-order valence-electron chi connectivity index (χ3n) is 2.01. The van der Waals surface area contributed by atoms with Gasteiger partial charge in [0.1, 0.15) is 0 Å². The number of nitrogens with two attached hydrogens (primary N) is 1. The van der Waals surface area contributed by atoms with Crippen molar-refractivity contribution in [3.63, 3.8) is 0 Å². The van der Waals surface area contributed by atoms with Gasteiger partial charge in [0.05, 0.1) is 19.6 Å². The van der Waals surface area contributed by atoms with Crippen LogP contribution in [0.15, 0.2) is 30.3 Å². The Morgan fingerprint density at radius 2 is 1.93 bits per heavy atom. The van der Waals surface area contributed by atoms with Crippen LogP contribution < -0.4 is 5.73 Å². The average molecular weight is 207 g/mol. The lowest BCUT2D eigenvalue weighted by atomic mass is 10.0. The number of carbonyl (C=O) groups excluding carboxylic acids is 2. The van der Waals surface area contributed by atoms with Gasteiger partial charge in [0.25, 0.3) is 0 Å². The summed E-state index contributed by atoms with van der Waals surface area (Å²) in [5, 5.41) is 0. The van der Waals surface area contributed by atoms with Gasteiger partial charge in [-0.15, -0.1) is 0 Å². The van der Waals surface area contributed by atoms with Gasteiger partial charge in [0, 0.05) is 5.56 Å². The fourth-order valence-corrected chi connectivity index (χ4v) is 1.17. The average Bonchev–Trinajstić information content (AvgIpc) is 2.29. The normalized spacial score (nSPS) is 11.9. The lowest BCUT2D eigenvalue weighted by molar-refractivity contribution is -0.140. The first-order valence-corrected chi connectivity index (χ1v) is 4.57. The molecule has 4 heteroatoms. The Morgan fingerprint density at radius 3 is 2.47 bits per heavy atom. The fourth-order valence-electron chi connectivity index (χ4n) is 1.17. The molecule has 1 rings (SSSR count). The van der Waals surface area contributed by atoms with Crippen molar-refractivity contribution in [3.05, 3.63) is 35.9 Å². The van der Waals surface area contributed by atoms with Crippen molar-refractivity contribution in [2.45, 2.75) is 12.5 Å². The lowest BCUT2D eigenvalue weighted by Gasteiger charge is -2.08. The van der Waals surface area contributed by atoms with Crippen LogP contribution in [0.2, 0.25) is 0 Å².